The van der Waals surface area contributed by atoms with Crippen LogP contribution in [0.15, 0.2) is 47.6 Å². The summed E-state index contributed by atoms with van der Waals surface area (Å²) in [5.74, 6) is 2.02. The molecule has 0 saturated heterocycles. The van der Waals surface area contributed by atoms with Crippen LogP contribution in [0.4, 0.5) is 0 Å². The van der Waals surface area contributed by atoms with Gasteiger partial charge in [-0.2, -0.15) is 0 Å². The molecule has 30 heavy (non-hydrogen) atoms. The summed E-state index contributed by atoms with van der Waals surface area (Å²) in [4.78, 5) is 12.6. The predicted molar refractivity (Wildman–Crippen MR) is 119 cm³/mol. The van der Waals surface area contributed by atoms with Crippen LogP contribution >= 0.6 is 35.0 Å². The second kappa shape index (κ2) is 10.2. The van der Waals surface area contributed by atoms with Gasteiger partial charge in [-0.1, -0.05) is 47.1 Å². The van der Waals surface area contributed by atoms with Gasteiger partial charge >= 0.3 is 0 Å². The fraction of sp³-hybridized carbons (Fsp3) is 0.286. The maximum Gasteiger partial charge on any atom is 0.191 e. The van der Waals surface area contributed by atoms with Crippen LogP contribution in [0.25, 0.3) is 0 Å². The van der Waals surface area contributed by atoms with E-state index in [1.54, 1.807) is 25.3 Å². The Balaban J connectivity index is 1.72. The highest BCUT2D eigenvalue weighted by Gasteiger charge is 2.21. The van der Waals surface area contributed by atoms with Crippen molar-refractivity contribution in [3.05, 3.63) is 63.9 Å². The number of benzene rings is 2. The van der Waals surface area contributed by atoms with Crippen molar-refractivity contribution in [2.24, 2.45) is 0 Å². The second-order valence-electron chi connectivity index (χ2n) is 6.33. The molecule has 0 aliphatic heterocycles. The molecule has 2 aromatic carbocycles. The molecule has 6 nitrogen and oxygen atoms in total. The monoisotopic (exact) mass is 465 g/mol. The fourth-order valence-corrected chi connectivity index (χ4v) is 4.29. The lowest BCUT2D eigenvalue weighted by Gasteiger charge is -2.17. The third-order valence-corrected chi connectivity index (χ3v) is 5.88. The molecule has 0 aliphatic carbocycles. The predicted octanol–water partition coefficient (Wildman–Crippen LogP) is 5.73. The molecule has 0 bridgehead atoms. The number of rotatable bonds is 9. The smallest absolute Gasteiger partial charge is 0.191 e. The number of halogens is 2. The highest BCUT2D eigenvalue weighted by atomic mass is 35.5. The van der Waals surface area contributed by atoms with Gasteiger partial charge in [0.2, 0.25) is 0 Å². The minimum absolute atomic E-state index is 0.104. The zero-order chi connectivity index (χ0) is 21.7. The number of ketones is 1. The number of hydrogen-bond donors (Lipinski definition) is 0. The van der Waals surface area contributed by atoms with Gasteiger partial charge in [0.25, 0.3) is 0 Å². The summed E-state index contributed by atoms with van der Waals surface area (Å²) >= 11 is 13.3. The van der Waals surface area contributed by atoms with Crippen LogP contribution in [-0.2, 0) is 6.54 Å². The molecule has 9 heteroatoms. The molecule has 3 aromatic rings. The van der Waals surface area contributed by atoms with Gasteiger partial charge < -0.3 is 14.0 Å². The van der Waals surface area contributed by atoms with E-state index >= 15 is 0 Å². The summed E-state index contributed by atoms with van der Waals surface area (Å²) in [6.07, 6.45) is -0.357. The first-order valence-corrected chi connectivity index (χ1v) is 11.0. The first kappa shape index (κ1) is 22.5. The average Bonchev–Trinajstić information content (AvgIpc) is 3.15. The quantitative estimate of drug-likeness (QED) is 0.297. The van der Waals surface area contributed by atoms with Crippen molar-refractivity contribution in [1.29, 1.82) is 0 Å². The third-order valence-electron chi connectivity index (χ3n) is 4.36. The van der Waals surface area contributed by atoms with Crippen LogP contribution in [0.1, 0.15) is 36.1 Å². The largest absolute Gasteiger partial charge is 0.493 e. The summed E-state index contributed by atoms with van der Waals surface area (Å²) in [5.41, 5.74) is 0.434. The van der Waals surface area contributed by atoms with Crippen molar-refractivity contribution < 1.29 is 14.3 Å². The number of hydrogen-bond acceptors (Lipinski definition) is 6. The highest BCUT2D eigenvalue weighted by molar-refractivity contribution is 7.99. The van der Waals surface area contributed by atoms with Crippen molar-refractivity contribution >= 4 is 40.7 Å². The summed E-state index contributed by atoms with van der Waals surface area (Å²) < 4.78 is 13.3. The number of aromatic nitrogens is 3. The Hall–Kier alpha value is -2.22. The number of Topliss-reactive ketones (excluding diaryl/α,β-unsaturated/α-hetero) is 1. The Bertz CT molecular complexity index is 1040. The van der Waals surface area contributed by atoms with E-state index in [0.717, 1.165) is 0 Å². The fourth-order valence-electron chi connectivity index (χ4n) is 2.89. The normalized spacial score (nSPS) is 11.9. The maximum atomic E-state index is 12.6. The molecule has 0 aliphatic rings. The Morgan fingerprint density at radius 1 is 1.17 bits per heavy atom. The van der Waals surface area contributed by atoms with E-state index in [1.807, 2.05) is 42.7 Å². The van der Waals surface area contributed by atoms with Crippen LogP contribution in [0.3, 0.4) is 0 Å². The van der Waals surface area contributed by atoms with E-state index in [9.17, 15) is 4.79 Å². The molecule has 0 N–H and O–H groups in total. The second-order valence-corrected chi connectivity index (χ2v) is 8.12. The van der Waals surface area contributed by atoms with Crippen molar-refractivity contribution in [3.8, 4) is 11.5 Å². The minimum atomic E-state index is -0.357. The highest BCUT2D eigenvalue weighted by Crippen LogP contribution is 2.31. The summed E-state index contributed by atoms with van der Waals surface area (Å²) in [5, 5.41) is 10.0. The van der Waals surface area contributed by atoms with Gasteiger partial charge in [0.15, 0.2) is 34.4 Å². The molecule has 1 heterocycles. The molecule has 1 unspecified atom stereocenters. The number of para-hydroxylation sites is 2. The van der Waals surface area contributed by atoms with Crippen LogP contribution in [0.5, 0.6) is 11.5 Å². The van der Waals surface area contributed by atoms with E-state index in [4.69, 9.17) is 32.7 Å². The SMILES string of the molecule is CCn1c(SCC(=O)c2ccc(Cl)cc2Cl)nnc1C(C)Oc1ccccc1OC. The Labute approximate surface area is 189 Å². The van der Waals surface area contributed by atoms with E-state index in [0.29, 0.717) is 44.6 Å². The molecule has 1 aromatic heterocycles. The van der Waals surface area contributed by atoms with Crippen LogP contribution < -0.4 is 9.47 Å². The summed E-state index contributed by atoms with van der Waals surface area (Å²) in [6, 6.07) is 12.3. The molecule has 0 radical (unpaired) electrons. The van der Waals surface area contributed by atoms with Gasteiger partial charge in [-0.05, 0) is 44.2 Å². The van der Waals surface area contributed by atoms with Crippen molar-refractivity contribution in [2.75, 3.05) is 12.9 Å². The molecule has 158 valence electrons. The van der Waals surface area contributed by atoms with Gasteiger partial charge in [0.1, 0.15) is 0 Å². The van der Waals surface area contributed by atoms with E-state index in [1.165, 1.54) is 11.8 Å². The van der Waals surface area contributed by atoms with Gasteiger partial charge in [-0.25, -0.2) is 0 Å². The van der Waals surface area contributed by atoms with Gasteiger partial charge in [0.05, 0.1) is 17.9 Å². The number of carbonyl (C=O) groups excluding carboxylic acids is 1. The van der Waals surface area contributed by atoms with Gasteiger partial charge in [0, 0.05) is 17.1 Å². The van der Waals surface area contributed by atoms with Crippen LogP contribution in [0.2, 0.25) is 10.0 Å². The Morgan fingerprint density at radius 3 is 2.57 bits per heavy atom. The maximum absolute atomic E-state index is 12.6. The van der Waals surface area contributed by atoms with E-state index in [-0.39, 0.29) is 17.6 Å². The Kier molecular flexibility index (Phi) is 7.64. The Morgan fingerprint density at radius 2 is 1.90 bits per heavy atom. The molecule has 0 spiro atoms. The van der Waals surface area contributed by atoms with Crippen molar-refractivity contribution in [2.45, 2.75) is 31.7 Å². The van der Waals surface area contributed by atoms with E-state index in [2.05, 4.69) is 10.2 Å². The molecular formula is C21H21Cl2N3O3S. The average molecular weight is 466 g/mol. The molecule has 0 fully saturated rings. The first-order chi connectivity index (χ1) is 14.4. The number of carbonyl (C=O) groups is 1. The van der Waals surface area contributed by atoms with Crippen molar-refractivity contribution in [1.82, 2.24) is 14.8 Å². The van der Waals surface area contributed by atoms with E-state index < -0.39 is 0 Å². The lowest BCUT2D eigenvalue weighted by atomic mass is 10.1. The number of thioether (sulfide) groups is 1. The van der Waals surface area contributed by atoms with Crippen LogP contribution in [-0.4, -0.2) is 33.4 Å². The molecule has 0 saturated carbocycles. The number of methoxy groups -OCH3 is 1. The molecule has 3 rings (SSSR count). The summed E-state index contributed by atoms with van der Waals surface area (Å²) in [6.45, 7) is 4.53. The topological polar surface area (TPSA) is 66.2 Å². The molecular weight excluding hydrogens is 445 g/mol. The number of ether oxygens (including phenoxy) is 2. The first-order valence-electron chi connectivity index (χ1n) is 9.28. The minimum Gasteiger partial charge on any atom is -0.493 e. The molecule has 1 atom stereocenters. The van der Waals surface area contributed by atoms with Gasteiger partial charge in [-0.3, -0.25) is 4.79 Å². The zero-order valence-corrected chi connectivity index (χ0v) is 19.1. The van der Waals surface area contributed by atoms with Crippen molar-refractivity contribution in [3.63, 3.8) is 0 Å². The standard InChI is InChI=1S/C21H21Cl2N3O3S/c1-4-26-20(13(2)29-19-8-6-5-7-18(19)28-3)24-25-21(26)30-12-17(27)15-10-9-14(22)11-16(15)23/h5-11,13H,4,12H2,1-3H3. The lowest BCUT2D eigenvalue weighted by Crippen LogP contribution is -2.12. The summed E-state index contributed by atoms with van der Waals surface area (Å²) in [7, 11) is 1.60. The zero-order valence-electron chi connectivity index (χ0n) is 16.8. The van der Waals surface area contributed by atoms with Gasteiger partial charge in [-0.15, -0.1) is 10.2 Å². The third kappa shape index (κ3) is 5.09. The number of nitrogens with zero attached hydrogens (tertiary/aromatic N) is 3. The van der Waals surface area contributed by atoms with Crippen LogP contribution in [0, 0.1) is 0 Å². The molecule has 0 amide bonds. The lowest BCUT2D eigenvalue weighted by molar-refractivity contribution is 0.102.